The second kappa shape index (κ2) is 6.84. The number of para-hydroxylation sites is 1. The minimum Gasteiger partial charge on any atom is -0.354 e. The fraction of sp³-hybridized carbons (Fsp3) is 0.211. The summed E-state index contributed by atoms with van der Waals surface area (Å²) in [6.45, 7) is 2.15. The second-order valence-electron chi connectivity index (χ2n) is 5.34. The van der Waals surface area contributed by atoms with Gasteiger partial charge >= 0.3 is 0 Å². The van der Waals surface area contributed by atoms with Gasteiger partial charge in [-0.3, -0.25) is 4.79 Å². The first-order valence-corrected chi connectivity index (χ1v) is 8.48. The number of hydrogen-bond acceptors (Lipinski definition) is 3. The lowest BCUT2D eigenvalue weighted by atomic mass is 10.1. The minimum absolute atomic E-state index is 0.0737. The smallest absolute Gasteiger partial charge is 0.185 e. The first-order chi connectivity index (χ1) is 10.8. The van der Waals surface area contributed by atoms with Gasteiger partial charge in [-0.2, -0.15) is 0 Å². The van der Waals surface area contributed by atoms with Gasteiger partial charge in [0.15, 0.2) is 5.78 Å². The van der Waals surface area contributed by atoms with E-state index in [0.29, 0.717) is 0 Å². The third-order valence-electron chi connectivity index (χ3n) is 3.63. The molecule has 1 N–H and O–H groups in total. The maximum atomic E-state index is 12.2. The van der Waals surface area contributed by atoms with E-state index in [4.69, 9.17) is 0 Å². The van der Waals surface area contributed by atoms with Gasteiger partial charge in [-0.15, -0.1) is 0 Å². The molecule has 0 aliphatic carbocycles. The largest absolute Gasteiger partial charge is 0.354 e. The average molecular weight is 309 g/mol. The molecule has 2 aromatic carbocycles. The Hall–Kier alpha value is -2.00. The van der Waals surface area contributed by atoms with Crippen LogP contribution in [-0.2, 0) is 0 Å². The second-order valence-corrected chi connectivity index (χ2v) is 6.43. The molecule has 1 aliphatic rings. The Bertz CT molecular complexity index is 721. The van der Waals surface area contributed by atoms with Gasteiger partial charge in [-0.1, -0.05) is 49.7 Å². The van der Waals surface area contributed by atoms with Gasteiger partial charge in [-0.25, -0.2) is 0 Å². The molecule has 0 radical (unpaired) electrons. The number of hydrogen-bond donors (Lipinski definition) is 1. The number of benzene rings is 2. The molecule has 1 aliphatic heterocycles. The standard InChI is InChI=1S/C19H19NOS/c1-2-3-4-5-9-17(21)14-11-12-19-16(13-14)20-15-8-6-7-10-18(15)22-19/h5-13,20H,2-4H2,1H3/b9-5+. The SMILES string of the molecule is CCCC/C=C/C(=O)c1ccc2c(c1)Nc1ccccc1S2. The topological polar surface area (TPSA) is 29.1 Å². The monoisotopic (exact) mass is 309 g/mol. The van der Waals surface area contributed by atoms with Crippen molar-refractivity contribution in [3.8, 4) is 0 Å². The van der Waals surface area contributed by atoms with Crippen molar-refractivity contribution in [2.45, 2.75) is 36.0 Å². The molecular formula is C19H19NOS. The number of carbonyl (C=O) groups is 1. The lowest BCUT2D eigenvalue weighted by molar-refractivity contribution is 0.104. The molecule has 0 aromatic heterocycles. The van der Waals surface area contributed by atoms with Crippen LogP contribution in [0.15, 0.2) is 64.4 Å². The van der Waals surface area contributed by atoms with Crippen molar-refractivity contribution < 1.29 is 4.79 Å². The lowest BCUT2D eigenvalue weighted by Crippen LogP contribution is -2.02. The molecule has 0 saturated carbocycles. The van der Waals surface area contributed by atoms with E-state index in [1.807, 2.05) is 36.4 Å². The molecule has 2 aromatic rings. The van der Waals surface area contributed by atoms with Gasteiger partial charge in [-0.05, 0) is 42.8 Å². The van der Waals surface area contributed by atoms with E-state index in [0.717, 1.165) is 41.1 Å². The summed E-state index contributed by atoms with van der Waals surface area (Å²) >= 11 is 1.74. The van der Waals surface area contributed by atoms with Crippen LogP contribution in [0, 0.1) is 0 Å². The third kappa shape index (κ3) is 3.25. The number of allylic oxidation sites excluding steroid dienone is 2. The summed E-state index contributed by atoms with van der Waals surface area (Å²) in [5, 5.41) is 3.41. The van der Waals surface area contributed by atoms with Crippen LogP contribution in [0.2, 0.25) is 0 Å². The summed E-state index contributed by atoms with van der Waals surface area (Å²) in [4.78, 5) is 14.6. The Balaban J connectivity index is 1.78. The molecule has 0 spiro atoms. The molecular weight excluding hydrogens is 290 g/mol. The lowest BCUT2D eigenvalue weighted by Gasteiger charge is -2.20. The van der Waals surface area contributed by atoms with Crippen LogP contribution in [0.1, 0.15) is 36.5 Å². The zero-order valence-corrected chi connectivity index (χ0v) is 13.5. The van der Waals surface area contributed by atoms with Crippen molar-refractivity contribution in [1.29, 1.82) is 0 Å². The molecule has 0 fully saturated rings. The molecule has 112 valence electrons. The molecule has 0 bridgehead atoms. The molecule has 0 atom stereocenters. The Labute approximate surface area is 135 Å². The highest BCUT2D eigenvalue weighted by Crippen LogP contribution is 2.44. The Morgan fingerprint density at radius 1 is 1.14 bits per heavy atom. The maximum absolute atomic E-state index is 12.2. The van der Waals surface area contributed by atoms with Crippen molar-refractivity contribution in [2.24, 2.45) is 0 Å². The van der Waals surface area contributed by atoms with E-state index in [9.17, 15) is 4.79 Å². The van der Waals surface area contributed by atoms with Crippen LogP contribution in [0.5, 0.6) is 0 Å². The van der Waals surface area contributed by atoms with Gasteiger partial charge < -0.3 is 5.32 Å². The number of ketones is 1. The third-order valence-corrected chi connectivity index (χ3v) is 4.79. The molecule has 1 heterocycles. The van der Waals surface area contributed by atoms with E-state index in [-0.39, 0.29) is 5.78 Å². The van der Waals surface area contributed by atoms with Crippen LogP contribution >= 0.6 is 11.8 Å². The summed E-state index contributed by atoms with van der Waals surface area (Å²) in [6.07, 6.45) is 6.92. The molecule has 2 nitrogen and oxygen atoms in total. The predicted octanol–water partition coefficient (Wildman–Crippen LogP) is 5.82. The molecule has 0 unspecified atom stereocenters. The number of rotatable bonds is 5. The number of unbranched alkanes of at least 4 members (excludes halogenated alkanes) is 2. The Morgan fingerprint density at radius 3 is 2.82 bits per heavy atom. The van der Waals surface area contributed by atoms with E-state index in [1.165, 1.54) is 4.90 Å². The molecule has 0 amide bonds. The van der Waals surface area contributed by atoms with Gasteiger partial charge in [0.05, 0.1) is 11.4 Å². The highest BCUT2D eigenvalue weighted by Gasteiger charge is 2.16. The van der Waals surface area contributed by atoms with Crippen LogP contribution in [-0.4, -0.2) is 5.78 Å². The minimum atomic E-state index is 0.0737. The molecule has 3 heteroatoms. The number of fused-ring (bicyclic) bond motifs is 2. The van der Waals surface area contributed by atoms with Crippen molar-refractivity contribution in [2.75, 3.05) is 5.32 Å². The molecule has 22 heavy (non-hydrogen) atoms. The van der Waals surface area contributed by atoms with Crippen LogP contribution < -0.4 is 5.32 Å². The number of carbonyl (C=O) groups excluding carboxylic acids is 1. The van der Waals surface area contributed by atoms with E-state index >= 15 is 0 Å². The summed E-state index contributed by atoms with van der Waals surface area (Å²) in [7, 11) is 0. The van der Waals surface area contributed by atoms with Crippen LogP contribution in [0.25, 0.3) is 0 Å². The summed E-state index contributed by atoms with van der Waals surface area (Å²) < 4.78 is 0. The first kappa shape index (κ1) is 14.9. The van der Waals surface area contributed by atoms with Gasteiger partial charge in [0.1, 0.15) is 0 Å². The highest BCUT2D eigenvalue weighted by molar-refractivity contribution is 7.99. The number of anilines is 2. The van der Waals surface area contributed by atoms with E-state index in [2.05, 4.69) is 24.4 Å². The summed E-state index contributed by atoms with van der Waals surface area (Å²) in [6, 6.07) is 14.1. The zero-order chi connectivity index (χ0) is 15.4. The molecule has 3 rings (SSSR count). The van der Waals surface area contributed by atoms with Gasteiger partial charge in [0, 0.05) is 15.4 Å². The first-order valence-electron chi connectivity index (χ1n) is 7.67. The fourth-order valence-electron chi connectivity index (χ4n) is 2.40. The normalized spacial score (nSPS) is 12.6. The van der Waals surface area contributed by atoms with Crippen molar-refractivity contribution in [1.82, 2.24) is 0 Å². The summed E-state index contributed by atoms with van der Waals surface area (Å²) in [5.74, 6) is 0.0737. The summed E-state index contributed by atoms with van der Waals surface area (Å²) in [5.41, 5.74) is 2.85. The molecule has 0 saturated heterocycles. The highest BCUT2D eigenvalue weighted by atomic mass is 32.2. The quantitative estimate of drug-likeness (QED) is 0.365. The zero-order valence-electron chi connectivity index (χ0n) is 12.6. The number of nitrogens with one attached hydrogen (secondary N) is 1. The van der Waals surface area contributed by atoms with Gasteiger partial charge in [0.25, 0.3) is 0 Å². The van der Waals surface area contributed by atoms with Crippen LogP contribution in [0.3, 0.4) is 0 Å². The Kier molecular flexibility index (Phi) is 4.64. The van der Waals surface area contributed by atoms with Crippen molar-refractivity contribution in [3.63, 3.8) is 0 Å². The van der Waals surface area contributed by atoms with E-state index in [1.54, 1.807) is 17.8 Å². The predicted molar refractivity (Wildman–Crippen MR) is 93.3 cm³/mol. The average Bonchev–Trinajstić information content (AvgIpc) is 2.56. The fourth-order valence-corrected chi connectivity index (χ4v) is 3.37. The maximum Gasteiger partial charge on any atom is 0.185 e. The van der Waals surface area contributed by atoms with Gasteiger partial charge in [0.2, 0.25) is 0 Å². The van der Waals surface area contributed by atoms with E-state index < -0.39 is 0 Å². The Morgan fingerprint density at radius 2 is 1.95 bits per heavy atom. The van der Waals surface area contributed by atoms with Crippen molar-refractivity contribution in [3.05, 3.63) is 60.2 Å². The van der Waals surface area contributed by atoms with Crippen molar-refractivity contribution >= 4 is 28.9 Å². The van der Waals surface area contributed by atoms with Crippen LogP contribution in [0.4, 0.5) is 11.4 Å².